The summed E-state index contributed by atoms with van der Waals surface area (Å²) < 4.78 is 58.0. The monoisotopic (exact) mass is 754 g/mol. The van der Waals surface area contributed by atoms with Crippen LogP contribution in [0.1, 0.15) is 36.8 Å². The van der Waals surface area contributed by atoms with Crippen LogP contribution < -0.4 is 0 Å². The average molecular weight is 756 g/mol. The summed E-state index contributed by atoms with van der Waals surface area (Å²) in [6.45, 7) is 3.42. The van der Waals surface area contributed by atoms with Gasteiger partial charge in [0.1, 0.15) is 5.78 Å². The van der Waals surface area contributed by atoms with Crippen molar-refractivity contribution >= 4 is 79.8 Å². The fourth-order valence-corrected chi connectivity index (χ4v) is 8.67. The number of hydrogen-bond donors (Lipinski definition) is 0. The third-order valence-corrected chi connectivity index (χ3v) is 11.8. The van der Waals surface area contributed by atoms with Crippen molar-refractivity contribution in [1.82, 2.24) is 17.9 Å². The molecule has 0 fully saturated rings. The molecule has 13 heteroatoms. The van der Waals surface area contributed by atoms with E-state index in [1.165, 1.54) is 49.1 Å². The van der Waals surface area contributed by atoms with Gasteiger partial charge in [0, 0.05) is 56.3 Å². The molecule has 0 aliphatic heterocycles. The standard InChI is InChI=1S/C31H24Br2N4O5S2/c1-19(27-17-36(30-25(27)13-21(32)15-34-30)43(39,40)23-9-5-3-6-10-23)29(38)20(2)28-18-37(31-26(28)14-22(33)16-35-31)44(41,42)24-11-7-4-8-12-24/h3-20H,1-2H3. The zero-order valence-electron chi connectivity index (χ0n) is 23.3. The fourth-order valence-electron chi connectivity index (χ4n) is 5.30. The minimum Gasteiger partial charge on any atom is -0.298 e. The highest BCUT2D eigenvalue weighted by Crippen LogP contribution is 2.37. The van der Waals surface area contributed by atoms with Gasteiger partial charge in [-0.05, 0) is 79.4 Å². The third kappa shape index (κ3) is 5.11. The Kier molecular flexibility index (Phi) is 7.85. The van der Waals surface area contributed by atoms with E-state index >= 15 is 0 Å². The molecular formula is C31H24Br2N4O5S2. The van der Waals surface area contributed by atoms with Gasteiger partial charge in [0.2, 0.25) is 0 Å². The third-order valence-electron chi connectivity index (χ3n) is 7.61. The van der Waals surface area contributed by atoms with Gasteiger partial charge >= 0.3 is 0 Å². The lowest BCUT2D eigenvalue weighted by Crippen LogP contribution is -2.17. The predicted octanol–water partition coefficient (Wildman–Crippen LogP) is 6.86. The Labute approximate surface area is 270 Å². The number of nitrogens with zero attached hydrogens (tertiary/aromatic N) is 4. The first-order valence-electron chi connectivity index (χ1n) is 13.4. The van der Waals surface area contributed by atoms with Crippen LogP contribution in [0.2, 0.25) is 0 Å². The van der Waals surface area contributed by atoms with E-state index < -0.39 is 31.9 Å². The molecule has 9 nitrogen and oxygen atoms in total. The van der Waals surface area contributed by atoms with Crippen LogP contribution in [0.25, 0.3) is 22.1 Å². The fraction of sp³-hybridized carbons (Fsp3) is 0.129. The highest BCUT2D eigenvalue weighted by atomic mass is 79.9. The number of hydrogen-bond acceptors (Lipinski definition) is 7. The summed E-state index contributed by atoms with van der Waals surface area (Å²) in [5.41, 5.74) is 1.34. The van der Waals surface area contributed by atoms with E-state index in [0.29, 0.717) is 30.8 Å². The van der Waals surface area contributed by atoms with E-state index in [9.17, 15) is 21.6 Å². The van der Waals surface area contributed by atoms with Gasteiger partial charge in [-0.25, -0.2) is 34.7 Å². The van der Waals surface area contributed by atoms with E-state index in [1.54, 1.807) is 62.4 Å². The molecule has 0 saturated carbocycles. The Morgan fingerprint density at radius 2 is 1.02 bits per heavy atom. The molecule has 2 aromatic carbocycles. The second kappa shape index (κ2) is 11.4. The number of benzene rings is 2. The Balaban J connectivity index is 1.46. The van der Waals surface area contributed by atoms with Gasteiger partial charge in [0.15, 0.2) is 11.3 Å². The smallest absolute Gasteiger partial charge is 0.269 e. The van der Waals surface area contributed by atoms with Crippen LogP contribution in [0, 0.1) is 0 Å². The zero-order valence-corrected chi connectivity index (χ0v) is 28.1. The summed E-state index contributed by atoms with van der Waals surface area (Å²) in [4.78, 5) is 23.1. The number of Topliss-reactive ketones (excluding diaryl/α,β-unsaturated/α-hetero) is 1. The molecule has 2 atom stereocenters. The van der Waals surface area contributed by atoms with Crippen LogP contribution in [0.3, 0.4) is 0 Å². The summed E-state index contributed by atoms with van der Waals surface area (Å²) in [5, 5.41) is 1.01. The van der Waals surface area contributed by atoms with Crippen molar-refractivity contribution in [3.63, 3.8) is 0 Å². The number of carbonyl (C=O) groups is 1. The number of rotatable bonds is 8. The van der Waals surface area contributed by atoms with E-state index in [1.807, 2.05) is 0 Å². The Morgan fingerprint density at radius 3 is 1.39 bits per heavy atom. The predicted molar refractivity (Wildman–Crippen MR) is 175 cm³/mol. The van der Waals surface area contributed by atoms with Crippen LogP contribution >= 0.6 is 31.9 Å². The Bertz CT molecular complexity index is 2120. The molecule has 2 unspecified atom stereocenters. The normalized spacial score (nSPS) is 13.7. The van der Waals surface area contributed by atoms with Crippen molar-refractivity contribution in [2.75, 3.05) is 0 Å². The number of halogens is 2. The topological polar surface area (TPSA) is 121 Å². The minimum absolute atomic E-state index is 0.0889. The molecule has 0 aliphatic carbocycles. The first-order chi connectivity index (χ1) is 20.9. The first-order valence-corrected chi connectivity index (χ1v) is 17.9. The van der Waals surface area contributed by atoms with Crippen molar-refractivity contribution in [2.24, 2.45) is 0 Å². The van der Waals surface area contributed by atoms with E-state index in [2.05, 4.69) is 41.8 Å². The number of fused-ring (bicyclic) bond motifs is 2. The van der Waals surface area contributed by atoms with Crippen LogP contribution in [-0.2, 0) is 24.8 Å². The van der Waals surface area contributed by atoms with Crippen LogP contribution in [0.15, 0.2) is 116 Å². The molecule has 4 heterocycles. The van der Waals surface area contributed by atoms with Crippen LogP contribution in [0.4, 0.5) is 0 Å². The summed E-state index contributed by atoms with van der Waals surface area (Å²) in [5.74, 6) is -1.79. The van der Waals surface area contributed by atoms with Crippen molar-refractivity contribution < 1.29 is 21.6 Å². The summed E-state index contributed by atoms with van der Waals surface area (Å²) in [7, 11) is -8.04. The summed E-state index contributed by atoms with van der Waals surface area (Å²) >= 11 is 6.84. The molecule has 6 rings (SSSR count). The molecule has 0 amide bonds. The quantitative estimate of drug-likeness (QED) is 0.166. The summed E-state index contributed by atoms with van der Waals surface area (Å²) in [6, 6.07) is 19.5. The zero-order chi connectivity index (χ0) is 31.4. The van der Waals surface area contributed by atoms with Crippen molar-refractivity contribution in [3.05, 3.63) is 118 Å². The van der Waals surface area contributed by atoms with Crippen LogP contribution in [-0.4, -0.2) is 40.5 Å². The molecule has 0 bridgehead atoms. The lowest BCUT2D eigenvalue weighted by atomic mass is 9.86. The maximum Gasteiger partial charge on any atom is 0.269 e. The Morgan fingerprint density at radius 1 is 0.659 bits per heavy atom. The SMILES string of the molecule is CC(C(=O)C(C)c1cn(S(=O)(=O)c2ccccc2)c2ncc(Br)cc12)c1cn(S(=O)(=O)c2ccccc2)c2ncc(Br)cc12. The Hall–Kier alpha value is -3.65. The second-order valence-electron chi connectivity index (χ2n) is 10.3. The lowest BCUT2D eigenvalue weighted by molar-refractivity contribution is -0.121. The van der Waals surface area contributed by atoms with Crippen molar-refractivity contribution in [1.29, 1.82) is 0 Å². The maximum absolute atomic E-state index is 14.2. The van der Waals surface area contributed by atoms with Gasteiger partial charge in [-0.1, -0.05) is 50.2 Å². The van der Waals surface area contributed by atoms with Crippen LogP contribution in [0.5, 0.6) is 0 Å². The van der Waals surface area contributed by atoms with Gasteiger partial charge in [-0.15, -0.1) is 0 Å². The van der Waals surface area contributed by atoms with E-state index in [4.69, 9.17) is 0 Å². The molecule has 0 saturated heterocycles. The van der Waals surface area contributed by atoms with Crippen molar-refractivity contribution in [3.8, 4) is 0 Å². The second-order valence-corrected chi connectivity index (χ2v) is 15.8. The van der Waals surface area contributed by atoms with Gasteiger partial charge in [0.05, 0.1) is 9.79 Å². The van der Waals surface area contributed by atoms with Gasteiger partial charge in [0.25, 0.3) is 20.0 Å². The number of ketones is 1. The number of carbonyl (C=O) groups excluding carboxylic acids is 1. The first kappa shape index (κ1) is 30.4. The lowest BCUT2D eigenvalue weighted by Gasteiger charge is -2.16. The molecule has 0 radical (unpaired) electrons. The highest BCUT2D eigenvalue weighted by Gasteiger charge is 2.32. The highest BCUT2D eigenvalue weighted by molar-refractivity contribution is 9.10. The number of pyridine rings is 2. The summed E-state index contributed by atoms with van der Waals surface area (Å²) in [6.07, 6.45) is 5.91. The molecule has 224 valence electrons. The number of aromatic nitrogens is 4. The van der Waals surface area contributed by atoms with Gasteiger partial charge in [-0.3, -0.25) is 4.79 Å². The molecule has 4 aromatic heterocycles. The molecule has 44 heavy (non-hydrogen) atoms. The van der Waals surface area contributed by atoms with Crippen molar-refractivity contribution in [2.45, 2.75) is 35.5 Å². The largest absolute Gasteiger partial charge is 0.298 e. The molecule has 0 N–H and O–H groups in total. The van der Waals surface area contributed by atoms with Gasteiger partial charge < -0.3 is 0 Å². The van der Waals surface area contributed by atoms with E-state index in [0.717, 1.165) is 7.94 Å². The minimum atomic E-state index is -4.02. The van der Waals surface area contributed by atoms with Gasteiger partial charge in [-0.2, -0.15) is 0 Å². The molecule has 6 aromatic rings. The maximum atomic E-state index is 14.2. The van der Waals surface area contributed by atoms with E-state index in [-0.39, 0.29) is 26.9 Å². The molecular weight excluding hydrogens is 732 g/mol. The molecule has 0 spiro atoms. The average Bonchev–Trinajstić information content (AvgIpc) is 3.60. The molecule has 0 aliphatic rings.